The molecule has 0 saturated carbocycles. The van der Waals surface area contributed by atoms with Crippen LogP contribution in [0.5, 0.6) is 0 Å². The van der Waals surface area contributed by atoms with Gasteiger partial charge in [0, 0.05) is 5.41 Å². The molecule has 0 amide bonds. The summed E-state index contributed by atoms with van der Waals surface area (Å²) in [6.07, 6.45) is 5.94. The third-order valence-electron chi connectivity index (χ3n) is 5.74. The maximum Gasteiger partial charge on any atom is 0.0248 e. The van der Waals surface area contributed by atoms with E-state index in [0.717, 1.165) is 0 Å². The number of hydrogen-bond acceptors (Lipinski definition) is 0. The molecule has 3 rings (SSSR count). The highest BCUT2D eigenvalue weighted by molar-refractivity contribution is 5.63. The summed E-state index contributed by atoms with van der Waals surface area (Å²) in [6, 6.07) is 19.9. The van der Waals surface area contributed by atoms with Gasteiger partial charge >= 0.3 is 0 Å². The Kier molecular flexibility index (Phi) is 5.70. The zero-order valence-electron chi connectivity index (χ0n) is 16.1. The maximum atomic E-state index is 2.44. The molecular weight excluding hydrogens is 288 g/mol. The van der Waals surface area contributed by atoms with Crippen molar-refractivity contribution in [1.29, 1.82) is 0 Å². The Morgan fingerprint density at radius 1 is 0.917 bits per heavy atom. The molecule has 2 unspecified atom stereocenters. The first-order valence-corrected chi connectivity index (χ1v) is 9.33. The molecule has 0 fully saturated rings. The second kappa shape index (κ2) is 7.38. The lowest BCUT2D eigenvalue weighted by atomic mass is 9.55. The van der Waals surface area contributed by atoms with E-state index in [0.29, 0.717) is 5.92 Å². The van der Waals surface area contributed by atoms with Crippen LogP contribution in [-0.4, -0.2) is 0 Å². The summed E-state index contributed by atoms with van der Waals surface area (Å²) >= 11 is 0. The monoisotopic (exact) mass is 320 g/mol. The fourth-order valence-corrected chi connectivity index (χ4v) is 4.06. The minimum Gasteiger partial charge on any atom is -0.0791 e. The third kappa shape index (κ3) is 3.07. The maximum absolute atomic E-state index is 2.44. The summed E-state index contributed by atoms with van der Waals surface area (Å²) in [4.78, 5) is 0. The molecule has 0 spiro atoms. The molecule has 2 atom stereocenters. The van der Waals surface area contributed by atoms with Gasteiger partial charge in [0.05, 0.1) is 0 Å². The third-order valence-corrected chi connectivity index (χ3v) is 5.74. The summed E-state index contributed by atoms with van der Waals surface area (Å²) in [5.74, 6) is 0.488. The molecule has 0 nitrogen and oxygen atoms in total. The van der Waals surface area contributed by atoms with E-state index in [4.69, 9.17) is 0 Å². The van der Waals surface area contributed by atoms with Crippen LogP contribution in [0.3, 0.4) is 0 Å². The van der Waals surface area contributed by atoms with Crippen LogP contribution < -0.4 is 0 Å². The predicted molar refractivity (Wildman–Crippen MR) is 107 cm³/mol. The van der Waals surface area contributed by atoms with Gasteiger partial charge in [-0.05, 0) is 28.0 Å². The number of benzene rings is 2. The molecule has 0 saturated heterocycles. The summed E-state index contributed by atoms with van der Waals surface area (Å²) in [6.45, 7) is 13.5. The molecule has 1 aliphatic rings. The Balaban J connectivity index is 0.00000100. The second-order valence-electron chi connectivity index (χ2n) is 7.33. The second-order valence-corrected chi connectivity index (χ2v) is 7.33. The van der Waals surface area contributed by atoms with Crippen LogP contribution in [-0.2, 0) is 5.41 Å². The van der Waals surface area contributed by atoms with Gasteiger partial charge < -0.3 is 0 Å². The quantitative estimate of drug-likeness (QED) is 0.566. The molecule has 0 aliphatic heterocycles. The van der Waals surface area contributed by atoms with Crippen molar-refractivity contribution in [2.24, 2.45) is 11.3 Å². The average molecular weight is 321 g/mol. The lowest BCUT2D eigenvalue weighted by Crippen LogP contribution is -2.42. The Morgan fingerprint density at radius 3 is 2.12 bits per heavy atom. The average Bonchev–Trinajstić information content (AvgIpc) is 2.64. The van der Waals surface area contributed by atoms with Crippen molar-refractivity contribution in [1.82, 2.24) is 0 Å². The van der Waals surface area contributed by atoms with Crippen LogP contribution in [0.25, 0.3) is 6.08 Å². The van der Waals surface area contributed by atoms with Crippen LogP contribution in [0, 0.1) is 11.3 Å². The van der Waals surface area contributed by atoms with Gasteiger partial charge in [-0.25, -0.2) is 0 Å². The van der Waals surface area contributed by atoms with Gasteiger partial charge in [-0.2, -0.15) is 0 Å². The Morgan fingerprint density at radius 2 is 1.50 bits per heavy atom. The first kappa shape index (κ1) is 18.5. The van der Waals surface area contributed by atoms with E-state index < -0.39 is 0 Å². The zero-order valence-corrected chi connectivity index (χ0v) is 16.1. The van der Waals surface area contributed by atoms with Crippen LogP contribution in [0.2, 0.25) is 0 Å². The Bertz CT molecular complexity index is 678. The molecule has 24 heavy (non-hydrogen) atoms. The molecule has 2 aromatic rings. The van der Waals surface area contributed by atoms with Gasteiger partial charge in [-0.1, -0.05) is 115 Å². The van der Waals surface area contributed by atoms with Crippen LogP contribution >= 0.6 is 0 Å². The molecule has 0 aromatic heterocycles. The molecule has 0 heterocycles. The van der Waals surface area contributed by atoms with Crippen LogP contribution in [0.4, 0.5) is 0 Å². The zero-order chi connectivity index (χ0) is 17.8. The van der Waals surface area contributed by atoms with Crippen LogP contribution in [0.15, 0.2) is 60.7 Å². The SMILES string of the molecule is CC.CCC(C)(C)C1C=Cc2ccccc2C1(C)c1ccccc1. The normalized spacial score (nSPS) is 22.3. The van der Waals surface area contributed by atoms with Crippen molar-refractivity contribution in [2.75, 3.05) is 0 Å². The Hall–Kier alpha value is -1.82. The lowest BCUT2D eigenvalue weighted by molar-refractivity contribution is 0.178. The van der Waals surface area contributed by atoms with Crippen molar-refractivity contribution in [3.05, 3.63) is 77.4 Å². The largest absolute Gasteiger partial charge is 0.0791 e. The van der Waals surface area contributed by atoms with Crippen molar-refractivity contribution >= 4 is 6.08 Å². The van der Waals surface area contributed by atoms with Gasteiger partial charge in [0.15, 0.2) is 0 Å². The first-order chi connectivity index (χ1) is 11.5. The molecule has 128 valence electrons. The van der Waals surface area contributed by atoms with Crippen molar-refractivity contribution in [3.63, 3.8) is 0 Å². The summed E-state index contributed by atoms with van der Waals surface area (Å²) in [5, 5.41) is 0. The number of hydrogen-bond donors (Lipinski definition) is 0. The summed E-state index contributed by atoms with van der Waals surface area (Å²) in [7, 11) is 0. The predicted octanol–water partition coefficient (Wildman–Crippen LogP) is 7.10. The highest BCUT2D eigenvalue weighted by Gasteiger charge is 2.45. The van der Waals surface area contributed by atoms with E-state index in [-0.39, 0.29) is 10.8 Å². The van der Waals surface area contributed by atoms with E-state index in [1.165, 1.54) is 23.1 Å². The molecule has 0 N–H and O–H groups in total. The summed E-state index contributed by atoms with van der Waals surface area (Å²) in [5.41, 5.74) is 4.51. The fourth-order valence-electron chi connectivity index (χ4n) is 4.06. The van der Waals surface area contributed by atoms with Crippen molar-refractivity contribution < 1.29 is 0 Å². The minimum absolute atomic E-state index is 0.0200. The Labute approximate surface area is 148 Å². The van der Waals surface area contributed by atoms with Gasteiger partial charge in [0.25, 0.3) is 0 Å². The number of rotatable bonds is 3. The highest BCUT2D eigenvalue weighted by Crippen LogP contribution is 2.52. The minimum atomic E-state index is 0.0200. The molecular formula is C24H32. The lowest BCUT2D eigenvalue weighted by Gasteiger charge is -2.48. The van der Waals surface area contributed by atoms with E-state index in [2.05, 4.69) is 94.4 Å². The van der Waals surface area contributed by atoms with Gasteiger partial charge in [-0.15, -0.1) is 0 Å². The topological polar surface area (TPSA) is 0 Å². The first-order valence-electron chi connectivity index (χ1n) is 9.33. The van der Waals surface area contributed by atoms with Gasteiger partial charge in [0.1, 0.15) is 0 Å². The highest BCUT2D eigenvalue weighted by atomic mass is 14.5. The molecule has 2 aromatic carbocycles. The van der Waals surface area contributed by atoms with E-state index in [1.54, 1.807) is 0 Å². The smallest absolute Gasteiger partial charge is 0.0248 e. The van der Waals surface area contributed by atoms with Crippen LogP contribution in [0.1, 0.15) is 64.7 Å². The van der Waals surface area contributed by atoms with Gasteiger partial charge in [0.2, 0.25) is 0 Å². The molecule has 1 aliphatic carbocycles. The molecule has 0 heteroatoms. The van der Waals surface area contributed by atoms with E-state index in [1.807, 2.05) is 13.8 Å². The standard InChI is InChI=1S/C22H26.C2H6/c1-5-21(2,3)20-16-15-17-11-9-10-14-19(17)22(20,4)18-12-7-6-8-13-18;1-2/h6-16,20H,5H2,1-4H3;1-2H3. The van der Waals surface area contributed by atoms with Crippen molar-refractivity contribution in [3.8, 4) is 0 Å². The number of fused-ring (bicyclic) bond motifs is 1. The van der Waals surface area contributed by atoms with E-state index in [9.17, 15) is 0 Å². The summed E-state index contributed by atoms with van der Waals surface area (Å²) < 4.78 is 0. The van der Waals surface area contributed by atoms with Gasteiger partial charge in [-0.3, -0.25) is 0 Å². The number of allylic oxidation sites excluding steroid dienone is 1. The van der Waals surface area contributed by atoms with Crippen molar-refractivity contribution in [2.45, 2.75) is 53.4 Å². The molecule has 0 bridgehead atoms. The fraction of sp³-hybridized carbons (Fsp3) is 0.417. The molecule has 0 radical (unpaired) electrons. The van der Waals surface area contributed by atoms with E-state index >= 15 is 0 Å².